The average Bonchev–Trinajstić information content (AvgIpc) is 2.92. The highest BCUT2D eigenvalue weighted by molar-refractivity contribution is 7.89. The molecule has 22 heavy (non-hydrogen) atoms. The zero-order valence-corrected chi connectivity index (χ0v) is 14.6. The second-order valence-electron chi connectivity index (χ2n) is 6.99. The van der Waals surface area contributed by atoms with Crippen molar-refractivity contribution in [3.63, 3.8) is 0 Å². The Labute approximate surface area is 134 Å². The molecule has 0 aromatic carbocycles. The van der Waals surface area contributed by atoms with Crippen LogP contribution >= 0.6 is 0 Å². The molecular formula is C15H29N3O3S. The Hall–Kier alpha value is -0.210. The van der Waals surface area contributed by atoms with Crippen LogP contribution in [-0.4, -0.2) is 92.8 Å². The molecule has 128 valence electrons. The minimum atomic E-state index is -3.05. The predicted octanol–water partition coefficient (Wildman–Crippen LogP) is 0.207. The monoisotopic (exact) mass is 331 g/mol. The first-order valence-corrected chi connectivity index (χ1v) is 10.1. The molecule has 1 spiro atoms. The highest BCUT2D eigenvalue weighted by Gasteiger charge is 2.45. The van der Waals surface area contributed by atoms with Crippen LogP contribution in [0.25, 0.3) is 0 Å². The molecule has 0 amide bonds. The summed E-state index contributed by atoms with van der Waals surface area (Å²) in [6, 6.07) is 0.517. The smallest absolute Gasteiger partial charge is 0.213 e. The van der Waals surface area contributed by atoms with Crippen LogP contribution < -0.4 is 0 Å². The molecule has 0 bridgehead atoms. The number of nitrogens with zero attached hydrogens (tertiary/aromatic N) is 3. The van der Waals surface area contributed by atoms with Crippen LogP contribution in [0.2, 0.25) is 0 Å². The Balaban J connectivity index is 1.55. The Kier molecular flexibility index (Phi) is 4.81. The van der Waals surface area contributed by atoms with Gasteiger partial charge in [0, 0.05) is 45.3 Å². The minimum Gasteiger partial charge on any atom is -0.373 e. The summed E-state index contributed by atoms with van der Waals surface area (Å²) in [6.45, 7) is 8.27. The molecule has 3 fully saturated rings. The van der Waals surface area contributed by atoms with Gasteiger partial charge in [-0.1, -0.05) is 0 Å². The molecule has 0 N–H and O–H groups in total. The largest absolute Gasteiger partial charge is 0.373 e. The number of rotatable bonds is 3. The molecule has 7 heteroatoms. The fraction of sp³-hybridized carbons (Fsp3) is 1.00. The van der Waals surface area contributed by atoms with Gasteiger partial charge in [0.15, 0.2) is 0 Å². The Morgan fingerprint density at radius 1 is 1.09 bits per heavy atom. The molecule has 3 aliphatic rings. The van der Waals surface area contributed by atoms with E-state index in [0.29, 0.717) is 19.1 Å². The first kappa shape index (κ1) is 16.6. The highest BCUT2D eigenvalue weighted by atomic mass is 32.2. The lowest BCUT2D eigenvalue weighted by Crippen LogP contribution is -2.50. The van der Waals surface area contributed by atoms with Gasteiger partial charge >= 0.3 is 0 Å². The molecule has 0 aliphatic carbocycles. The third kappa shape index (κ3) is 3.33. The molecule has 0 aromatic heterocycles. The summed E-state index contributed by atoms with van der Waals surface area (Å²) in [6.07, 6.45) is 2.75. The molecule has 0 unspecified atom stereocenters. The Bertz CT molecular complexity index is 480. The second kappa shape index (κ2) is 6.36. The van der Waals surface area contributed by atoms with E-state index in [4.69, 9.17) is 4.74 Å². The summed E-state index contributed by atoms with van der Waals surface area (Å²) in [5.74, 6) is 0.199. The lowest BCUT2D eigenvalue weighted by Gasteiger charge is -2.39. The normalized spacial score (nSPS) is 31.8. The van der Waals surface area contributed by atoms with Crippen LogP contribution in [0, 0.1) is 0 Å². The maximum atomic E-state index is 12.0. The summed E-state index contributed by atoms with van der Waals surface area (Å²) in [5, 5.41) is 0. The number of sulfonamides is 1. The van der Waals surface area contributed by atoms with E-state index in [-0.39, 0.29) is 11.4 Å². The van der Waals surface area contributed by atoms with Crippen molar-refractivity contribution in [2.75, 3.05) is 58.7 Å². The summed E-state index contributed by atoms with van der Waals surface area (Å²) < 4.78 is 31.8. The van der Waals surface area contributed by atoms with Crippen molar-refractivity contribution in [1.82, 2.24) is 14.1 Å². The van der Waals surface area contributed by atoms with Gasteiger partial charge in [-0.2, -0.15) is 0 Å². The SMILES string of the molecule is CCS(=O)(=O)N1CCC2(CC1)C[C@@H](N1CCN(C)CC1)CO2. The number of piperidine rings is 1. The molecule has 0 radical (unpaired) electrons. The molecule has 3 heterocycles. The van der Waals surface area contributed by atoms with Crippen molar-refractivity contribution in [3.8, 4) is 0 Å². The topological polar surface area (TPSA) is 53.1 Å². The molecular weight excluding hydrogens is 302 g/mol. The number of piperazine rings is 1. The third-order valence-corrected chi connectivity index (χ3v) is 7.52. The van der Waals surface area contributed by atoms with Gasteiger partial charge in [-0.05, 0) is 33.2 Å². The lowest BCUT2D eigenvalue weighted by atomic mass is 9.88. The molecule has 3 saturated heterocycles. The van der Waals surface area contributed by atoms with E-state index in [0.717, 1.165) is 52.0 Å². The molecule has 3 aliphatic heterocycles. The van der Waals surface area contributed by atoms with Gasteiger partial charge in [-0.25, -0.2) is 12.7 Å². The maximum Gasteiger partial charge on any atom is 0.213 e. The van der Waals surface area contributed by atoms with E-state index < -0.39 is 10.0 Å². The third-order valence-electron chi connectivity index (χ3n) is 5.64. The summed E-state index contributed by atoms with van der Waals surface area (Å²) in [5.41, 5.74) is -0.0756. The van der Waals surface area contributed by atoms with E-state index in [1.807, 2.05) is 0 Å². The summed E-state index contributed by atoms with van der Waals surface area (Å²) >= 11 is 0. The lowest BCUT2D eigenvalue weighted by molar-refractivity contribution is -0.0319. The molecule has 1 atom stereocenters. The highest BCUT2D eigenvalue weighted by Crippen LogP contribution is 2.38. The van der Waals surface area contributed by atoms with E-state index in [1.54, 1.807) is 11.2 Å². The molecule has 0 saturated carbocycles. The van der Waals surface area contributed by atoms with E-state index in [1.165, 1.54) is 0 Å². The van der Waals surface area contributed by atoms with Gasteiger partial charge in [0.2, 0.25) is 10.0 Å². The van der Waals surface area contributed by atoms with Crippen LogP contribution in [0.5, 0.6) is 0 Å². The van der Waals surface area contributed by atoms with E-state index >= 15 is 0 Å². The number of hydrogen-bond acceptors (Lipinski definition) is 5. The quantitative estimate of drug-likeness (QED) is 0.740. The van der Waals surface area contributed by atoms with Crippen LogP contribution in [0.3, 0.4) is 0 Å². The first-order chi connectivity index (χ1) is 10.4. The van der Waals surface area contributed by atoms with Crippen LogP contribution in [0.4, 0.5) is 0 Å². The van der Waals surface area contributed by atoms with Crippen molar-refractivity contribution in [3.05, 3.63) is 0 Å². The van der Waals surface area contributed by atoms with Gasteiger partial charge in [-0.15, -0.1) is 0 Å². The van der Waals surface area contributed by atoms with Crippen molar-refractivity contribution >= 4 is 10.0 Å². The standard InChI is InChI=1S/C15H29N3O3S/c1-3-22(19,20)18-6-4-15(5-7-18)12-14(13-21-15)17-10-8-16(2)9-11-17/h14H,3-13H2,1-2H3/t14-/m1/s1. The van der Waals surface area contributed by atoms with Crippen molar-refractivity contribution < 1.29 is 13.2 Å². The molecule has 6 nitrogen and oxygen atoms in total. The van der Waals surface area contributed by atoms with Crippen molar-refractivity contribution in [2.24, 2.45) is 0 Å². The van der Waals surface area contributed by atoms with E-state index in [2.05, 4.69) is 16.8 Å². The second-order valence-corrected chi connectivity index (χ2v) is 9.25. The van der Waals surface area contributed by atoms with Crippen LogP contribution in [-0.2, 0) is 14.8 Å². The first-order valence-electron chi connectivity index (χ1n) is 8.48. The van der Waals surface area contributed by atoms with Gasteiger partial charge in [0.1, 0.15) is 0 Å². The minimum absolute atomic E-state index is 0.0756. The van der Waals surface area contributed by atoms with Crippen LogP contribution in [0.1, 0.15) is 26.2 Å². The van der Waals surface area contributed by atoms with Crippen molar-refractivity contribution in [1.29, 1.82) is 0 Å². The van der Waals surface area contributed by atoms with Crippen LogP contribution in [0.15, 0.2) is 0 Å². The van der Waals surface area contributed by atoms with E-state index in [9.17, 15) is 8.42 Å². The van der Waals surface area contributed by atoms with Gasteiger partial charge < -0.3 is 9.64 Å². The number of ether oxygens (including phenoxy) is 1. The maximum absolute atomic E-state index is 12.0. The number of likely N-dealkylation sites (N-methyl/N-ethyl adjacent to an activating group) is 1. The average molecular weight is 331 g/mol. The summed E-state index contributed by atoms with van der Waals surface area (Å²) in [4.78, 5) is 4.93. The Morgan fingerprint density at radius 2 is 1.73 bits per heavy atom. The fourth-order valence-corrected chi connectivity index (χ4v) is 5.05. The molecule has 3 rings (SSSR count). The zero-order valence-electron chi connectivity index (χ0n) is 13.8. The molecule has 0 aromatic rings. The van der Waals surface area contributed by atoms with Crippen molar-refractivity contribution in [2.45, 2.75) is 37.8 Å². The van der Waals surface area contributed by atoms with Gasteiger partial charge in [-0.3, -0.25) is 4.90 Å². The predicted molar refractivity (Wildman–Crippen MR) is 86.4 cm³/mol. The number of hydrogen-bond donors (Lipinski definition) is 0. The fourth-order valence-electron chi connectivity index (χ4n) is 3.94. The zero-order chi connectivity index (χ0) is 15.8. The van der Waals surface area contributed by atoms with Gasteiger partial charge in [0.25, 0.3) is 0 Å². The van der Waals surface area contributed by atoms with Gasteiger partial charge in [0.05, 0.1) is 18.0 Å². The Morgan fingerprint density at radius 3 is 2.32 bits per heavy atom. The summed E-state index contributed by atoms with van der Waals surface area (Å²) in [7, 11) is -0.871.